The number of aromatic amines is 2. The zero-order valence-corrected chi connectivity index (χ0v) is 19.6. The molecule has 0 radical (unpaired) electrons. The predicted octanol–water partition coefficient (Wildman–Crippen LogP) is 5.10. The number of H-pyrrole nitrogens is 2. The Morgan fingerprint density at radius 3 is 2.74 bits per heavy atom. The van der Waals surface area contributed by atoms with Crippen LogP contribution in [0.25, 0.3) is 55.4 Å². The summed E-state index contributed by atoms with van der Waals surface area (Å²) < 4.78 is 0. The maximum Gasteiger partial charge on any atom is 0.161 e. The minimum atomic E-state index is 0.660. The largest absolute Gasteiger partial charge is 0.336 e. The summed E-state index contributed by atoms with van der Waals surface area (Å²) in [6, 6.07) is 12.2. The number of pyridine rings is 3. The molecule has 0 aliphatic heterocycles. The lowest BCUT2D eigenvalue weighted by Gasteiger charge is -2.05. The standard InChI is InChI=1S/C25H22N8S/c1-3-26-11-15-10-16(13-27-12-15)17-5-6-19-22(29-17)24(33-32-19)25-30-18-8-9-28-23(21(18)31-25)20-7-4-14(2)34-20/h4-10,12-13,26H,3,11H2,1-2H3,(H,30,31)(H,32,33). The molecular weight excluding hydrogens is 444 g/mol. The molecular formula is C25H22N8S. The molecule has 168 valence electrons. The monoisotopic (exact) mass is 466 g/mol. The van der Waals surface area contributed by atoms with Crippen LogP contribution in [0.5, 0.6) is 0 Å². The molecule has 3 N–H and O–H groups in total. The van der Waals surface area contributed by atoms with E-state index < -0.39 is 0 Å². The summed E-state index contributed by atoms with van der Waals surface area (Å²) in [6.45, 7) is 5.87. The van der Waals surface area contributed by atoms with Gasteiger partial charge >= 0.3 is 0 Å². The summed E-state index contributed by atoms with van der Waals surface area (Å²) in [5.41, 5.74) is 7.83. The van der Waals surface area contributed by atoms with Gasteiger partial charge in [-0.25, -0.2) is 9.97 Å². The third kappa shape index (κ3) is 3.64. The maximum absolute atomic E-state index is 4.93. The van der Waals surface area contributed by atoms with Gasteiger partial charge in [-0.1, -0.05) is 6.92 Å². The first-order valence-corrected chi connectivity index (χ1v) is 11.9. The van der Waals surface area contributed by atoms with E-state index in [4.69, 9.17) is 9.97 Å². The SMILES string of the molecule is CCNCc1cncc(-c2ccc3[nH]nc(-c4nc5c(-c6ccc(C)s6)nccc5[nH]4)c3n2)c1. The van der Waals surface area contributed by atoms with Crippen LogP contribution in [-0.4, -0.2) is 41.7 Å². The summed E-state index contributed by atoms with van der Waals surface area (Å²) in [5, 5.41) is 11.0. The van der Waals surface area contributed by atoms with E-state index in [0.29, 0.717) is 11.5 Å². The van der Waals surface area contributed by atoms with Crippen molar-refractivity contribution in [3.63, 3.8) is 0 Å². The number of rotatable bonds is 6. The Bertz CT molecular complexity index is 1630. The van der Waals surface area contributed by atoms with Gasteiger partial charge in [0, 0.05) is 35.6 Å². The van der Waals surface area contributed by atoms with Crippen LogP contribution in [0.15, 0.2) is 55.0 Å². The number of thiophene rings is 1. The van der Waals surface area contributed by atoms with Crippen molar-refractivity contribution in [2.24, 2.45) is 0 Å². The zero-order chi connectivity index (χ0) is 23.1. The van der Waals surface area contributed by atoms with E-state index >= 15 is 0 Å². The number of nitrogens with zero attached hydrogens (tertiary/aromatic N) is 5. The van der Waals surface area contributed by atoms with Crippen molar-refractivity contribution < 1.29 is 0 Å². The van der Waals surface area contributed by atoms with E-state index in [1.54, 1.807) is 17.5 Å². The molecule has 6 rings (SSSR count). The van der Waals surface area contributed by atoms with E-state index in [2.05, 4.69) is 62.5 Å². The Kier molecular flexibility index (Phi) is 5.12. The number of nitrogens with one attached hydrogen (secondary N) is 3. The van der Waals surface area contributed by atoms with Crippen LogP contribution in [0.3, 0.4) is 0 Å². The minimum Gasteiger partial charge on any atom is -0.336 e. The Morgan fingerprint density at radius 1 is 0.971 bits per heavy atom. The smallest absolute Gasteiger partial charge is 0.161 e. The molecule has 6 aromatic heterocycles. The van der Waals surface area contributed by atoms with Crippen LogP contribution >= 0.6 is 11.3 Å². The summed E-state index contributed by atoms with van der Waals surface area (Å²) in [5.74, 6) is 0.660. The Balaban J connectivity index is 1.44. The topological polar surface area (TPSA) is 108 Å². The second kappa shape index (κ2) is 8.44. The van der Waals surface area contributed by atoms with Crippen molar-refractivity contribution in [3.8, 4) is 33.3 Å². The third-order valence-corrected chi connectivity index (χ3v) is 6.68. The van der Waals surface area contributed by atoms with Crippen LogP contribution < -0.4 is 5.32 Å². The van der Waals surface area contributed by atoms with E-state index in [-0.39, 0.29) is 0 Å². The van der Waals surface area contributed by atoms with Gasteiger partial charge in [-0.3, -0.25) is 15.1 Å². The molecule has 6 aromatic rings. The van der Waals surface area contributed by atoms with Gasteiger partial charge < -0.3 is 10.3 Å². The van der Waals surface area contributed by atoms with Gasteiger partial charge in [-0.2, -0.15) is 5.10 Å². The maximum atomic E-state index is 4.93. The zero-order valence-electron chi connectivity index (χ0n) is 18.8. The Morgan fingerprint density at radius 2 is 1.88 bits per heavy atom. The molecule has 6 heterocycles. The van der Waals surface area contributed by atoms with Gasteiger partial charge in [0.25, 0.3) is 0 Å². The predicted molar refractivity (Wildman–Crippen MR) is 135 cm³/mol. The molecule has 34 heavy (non-hydrogen) atoms. The fourth-order valence-corrected chi connectivity index (χ4v) is 4.87. The molecule has 0 amide bonds. The fraction of sp³-hybridized carbons (Fsp3) is 0.160. The molecule has 9 heteroatoms. The third-order valence-electron chi connectivity index (χ3n) is 5.68. The van der Waals surface area contributed by atoms with Crippen LogP contribution in [-0.2, 0) is 6.54 Å². The summed E-state index contributed by atoms with van der Waals surface area (Å²) in [4.78, 5) is 24.6. The van der Waals surface area contributed by atoms with Gasteiger partial charge in [0.15, 0.2) is 11.5 Å². The van der Waals surface area contributed by atoms with E-state index in [0.717, 1.165) is 62.5 Å². The number of fused-ring (bicyclic) bond motifs is 2. The van der Waals surface area contributed by atoms with Crippen molar-refractivity contribution in [3.05, 3.63) is 65.4 Å². The Hall–Kier alpha value is -3.95. The van der Waals surface area contributed by atoms with Crippen LogP contribution in [0, 0.1) is 6.92 Å². The molecule has 0 saturated heterocycles. The molecule has 0 spiro atoms. The molecule has 0 fully saturated rings. The van der Waals surface area contributed by atoms with Crippen molar-refractivity contribution in [2.75, 3.05) is 6.54 Å². The molecule has 0 saturated carbocycles. The highest BCUT2D eigenvalue weighted by Crippen LogP contribution is 2.33. The number of imidazole rings is 1. The number of aromatic nitrogens is 7. The first-order chi connectivity index (χ1) is 16.7. The van der Waals surface area contributed by atoms with E-state index in [1.165, 1.54) is 4.88 Å². The first kappa shape index (κ1) is 20.6. The lowest BCUT2D eigenvalue weighted by atomic mass is 10.1. The van der Waals surface area contributed by atoms with Gasteiger partial charge in [-0.15, -0.1) is 11.3 Å². The normalized spacial score (nSPS) is 11.6. The molecule has 0 unspecified atom stereocenters. The molecule has 0 aliphatic rings. The van der Waals surface area contributed by atoms with Gasteiger partial charge in [-0.05, 0) is 55.4 Å². The highest BCUT2D eigenvalue weighted by molar-refractivity contribution is 7.15. The van der Waals surface area contributed by atoms with Crippen molar-refractivity contribution in [2.45, 2.75) is 20.4 Å². The fourth-order valence-electron chi connectivity index (χ4n) is 4.01. The summed E-state index contributed by atoms with van der Waals surface area (Å²) in [6.07, 6.45) is 5.52. The van der Waals surface area contributed by atoms with E-state index in [9.17, 15) is 0 Å². The van der Waals surface area contributed by atoms with Crippen LogP contribution in [0.1, 0.15) is 17.4 Å². The van der Waals surface area contributed by atoms with Crippen LogP contribution in [0.2, 0.25) is 0 Å². The lowest BCUT2D eigenvalue weighted by molar-refractivity contribution is 0.724. The van der Waals surface area contributed by atoms with Crippen molar-refractivity contribution in [1.82, 2.24) is 40.4 Å². The van der Waals surface area contributed by atoms with Crippen LogP contribution in [0.4, 0.5) is 0 Å². The van der Waals surface area contributed by atoms with E-state index in [1.807, 2.05) is 30.6 Å². The minimum absolute atomic E-state index is 0.660. The average molecular weight is 467 g/mol. The second-order valence-electron chi connectivity index (χ2n) is 8.08. The van der Waals surface area contributed by atoms with Gasteiger partial charge in [0.2, 0.25) is 0 Å². The van der Waals surface area contributed by atoms with Gasteiger partial charge in [0.05, 0.1) is 21.6 Å². The highest BCUT2D eigenvalue weighted by Gasteiger charge is 2.18. The highest BCUT2D eigenvalue weighted by atomic mass is 32.1. The average Bonchev–Trinajstić information content (AvgIpc) is 3.59. The van der Waals surface area contributed by atoms with Crippen molar-refractivity contribution in [1.29, 1.82) is 0 Å². The molecule has 0 atom stereocenters. The molecule has 8 nitrogen and oxygen atoms in total. The van der Waals surface area contributed by atoms with Crippen molar-refractivity contribution >= 4 is 33.4 Å². The summed E-state index contributed by atoms with van der Waals surface area (Å²) >= 11 is 1.71. The first-order valence-electron chi connectivity index (χ1n) is 11.1. The second-order valence-corrected chi connectivity index (χ2v) is 9.37. The quantitative estimate of drug-likeness (QED) is 0.315. The molecule has 0 bridgehead atoms. The lowest BCUT2D eigenvalue weighted by Crippen LogP contribution is -2.11. The molecule has 0 aliphatic carbocycles. The summed E-state index contributed by atoms with van der Waals surface area (Å²) in [7, 11) is 0. The van der Waals surface area contributed by atoms with Gasteiger partial charge in [0.1, 0.15) is 16.7 Å². The number of aryl methyl sites for hydroxylation is 1. The number of hydrogen-bond acceptors (Lipinski definition) is 7. The Labute approximate surface area is 199 Å². The molecule has 0 aromatic carbocycles. The number of hydrogen-bond donors (Lipinski definition) is 3.